The number of furan rings is 1. The molecule has 0 saturated heterocycles. The summed E-state index contributed by atoms with van der Waals surface area (Å²) in [5, 5.41) is 20.1. The van der Waals surface area contributed by atoms with E-state index in [1.54, 1.807) is 28.8 Å². The summed E-state index contributed by atoms with van der Waals surface area (Å²) in [6.07, 6.45) is 0.760. The molecule has 170 valence electrons. The van der Waals surface area contributed by atoms with Gasteiger partial charge in [-0.1, -0.05) is 42.0 Å². The lowest BCUT2D eigenvalue weighted by atomic mass is 10.2. The van der Waals surface area contributed by atoms with Crippen LogP contribution in [0, 0.1) is 0 Å². The van der Waals surface area contributed by atoms with E-state index < -0.39 is 5.91 Å². The quantitative estimate of drug-likeness (QED) is 0.304. The highest BCUT2D eigenvalue weighted by atomic mass is 35.5. The SMILES string of the molecule is CCc1nnc2sc(-c3ccc(NC(=S)NC(=O)c4ccc(-c5cccc(Cl)c5)o4)cc3)nn12. The Labute approximate surface area is 208 Å². The third-order valence-electron chi connectivity index (χ3n) is 4.93. The lowest BCUT2D eigenvalue weighted by molar-refractivity contribution is 0.0951. The number of aromatic nitrogens is 4. The van der Waals surface area contributed by atoms with E-state index in [1.165, 1.54) is 11.3 Å². The topological polar surface area (TPSA) is 97.3 Å². The minimum absolute atomic E-state index is 0.143. The van der Waals surface area contributed by atoms with Gasteiger partial charge in [0.15, 0.2) is 16.7 Å². The summed E-state index contributed by atoms with van der Waals surface area (Å²) >= 11 is 12.8. The minimum atomic E-state index is -0.450. The number of benzene rings is 2. The number of thiocarbonyl (C=S) groups is 1. The van der Waals surface area contributed by atoms with Crippen LogP contribution in [0.25, 0.3) is 26.9 Å². The minimum Gasteiger partial charge on any atom is -0.451 e. The number of carbonyl (C=O) groups is 1. The standard InChI is InChI=1S/C23H17ClN6O2S2/c1-2-19-27-28-23-30(19)29-21(34-23)13-6-8-16(9-7-13)25-22(33)26-20(31)18-11-10-17(32-18)14-4-3-5-15(24)12-14/h3-12H,2H2,1H3,(H2,25,26,31,33). The third-order valence-corrected chi connectivity index (χ3v) is 6.31. The van der Waals surface area contributed by atoms with E-state index in [1.807, 2.05) is 43.3 Å². The molecule has 11 heteroatoms. The van der Waals surface area contributed by atoms with Crippen LogP contribution in [-0.4, -0.2) is 30.8 Å². The Kier molecular flexibility index (Phi) is 6.10. The van der Waals surface area contributed by atoms with Crippen molar-refractivity contribution in [3.05, 3.63) is 77.3 Å². The molecular formula is C23H17ClN6O2S2. The monoisotopic (exact) mass is 508 g/mol. The van der Waals surface area contributed by atoms with Gasteiger partial charge in [-0.15, -0.1) is 10.2 Å². The van der Waals surface area contributed by atoms with Crippen molar-refractivity contribution >= 4 is 56.8 Å². The molecule has 5 rings (SSSR count). The van der Waals surface area contributed by atoms with E-state index in [9.17, 15) is 4.79 Å². The predicted molar refractivity (Wildman–Crippen MR) is 136 cm³/mol. The van der Waals surface area contributed by atoms with Gasteiger partial charge in [-0.05, 0) is 60.7 Å². The van der Waals surface area contributed by atoms with Crippen molar-refractivity contribution in [3.63, 3.8) is 0 Å². The second-order valence-corrected chi connectivity index (χ2v) is 9.03. The van der Waals surface area contributed by atoms with Crippen LogP contribution in [0.2, 0.25) is 5.02 Å². The molecular weight excluding hydrogens is 492 g/mol. The first-order valence-corrected chi connectivity index (χ1v) is 11.9. The van der Waals surface area contributed by atoms with Crippen molar-refractivity contribution in [1.29, 1.82) is 0 Å². The number of rotatable bonds is 5. The molecule has 0 bridgehead atoms. The number of hydrogen-bond donors (Lipinski definition) is 2. The van der Waals surface area contributed by atoms with Gasteiger partial charge in [-0.25, -0.2) is 0 Å². The van der Waals surface area contributed by atoms with Gasteiger partial charge < -0.3 is 9.73 Å². The Morgan fingerprint density at radius 2 is 1.94 bits per heavy atom. The number of hydrogen-bond acceptors (Lipinski definition) is 7. The van der Waals surface area contributed by atoms with Crippen LogP contribution >= 0.6 is 35.2 Å². The number of anilines is 1. The van der Waals surface area contributed by atoms with Crippen LogP contribution in [0.5, 0.6) is 0 Å². The maximum atomic E-state index is 12.5. The van der Waals surface area contributed by atoms with Gasteiger partial charge in [0.05, 0.1) is 0 Å². The zero-order chi connectivity index (χ0) is 23.7. The Bertz CT molecular complexity index is 1510. The highest BCUT2D eigenvalue weighted by Gasteiger charge is 2.15. The second kappa shape index (κ2) is 9.34. The summed E-state index contributed by atoms with van der Waals surface area (Å²) in [6, 6.07) is 18.1. The molecule has 34 heavy (non-hydrogen) atoms. The number of nitrogens with one attached hydrogen (secondary N) is 2. The van der Waals surface area contributed by atoms with E-state index in [0.717, 1.165) is 39.0 Å². The van der Waals surface area contributed by atoms with Crippen molar-refractivity contribution in [2.45, 2.75) is 13.3 Å². The Hall–Kier alpha value is -3.60. The molecule has 0 atom stereocenters. The highest BCUT2D eigenvalue weighted by molar-refractivity contribution is 7.80. The van der Waals surface area contributed by atoms with E-state index >= 15 is 0 Å². The Morgan fingerprint density at radius 1 is 1.12 bits per heavy atom. The summed E-state index contributed by atoms with van der Waals surface area (Å²) in [6.45, 7) is 2.02. The lowest BCUT2D eigenvalue weighted by Crippen LogP contribution is -2.33. The van der Waals surface area contributed by atoms with Crippen LogP contribution in [-0.2, 0) is 6.42 Å². The molecule has 0 aliphatic rings. The first-order valence-electron chi connectivity index (χ1n) is 10.3. The summed E-state index contributed by atoms with van der Waals surface area (Å²) in [7, 11) is 0. The highest BCUT2D eigenvalue weighted by Crippen LogP contribution is 2.27. The van der Waals surface area contributed by atoms with E-state index in [-0.39, 0.29) is 10.9 Å². The molecule has 3 aromatic heterocycles. The second-order valence-electron chi connectivity index (χ2n) is 7.23. The van der Waals surface area contributed by atoms with Crippen molar-refractivity contribution in [3.8, 4) is 21.9 Å². The Morgan fingerprint density at radius 3 is 2.71 bits per heavy atom. The van der Waals surface area contributed by atoms with Crippen molar-refractivity contribution in [2.24, 2.45) is 0 Å². The molecule has 1 amide bonds. The fourth-order valence-electron chi connectivity index (χ4n) is 3.27. The molecule has 0 saturated carbocycles. The molecule has 0 unspecified atom stereocenters. The van der Waals surface area contributed by atoms with Crippen molar-refractivity contribution in [1.82, 2.24) is 25.1 Å². The fraction of sp³-hybridized carbons (Fsp3) is 0.0870. The average molecular weight is 509 g/mol. The first kappa shape index (κ1) is 22.2. The number of carbonyl (C=O) groups excluding carboxylic acids is 1. The van der Waals surface area contributed by atoms with Gasteiger partial charge in [0, 0.05) is 28.3 Å². The first-order chi connectivity index (χ1) is 16.5. The molecule has 5 aromatic rings. The van der Waals surface area contributed by atoms with Crippen molar-refractivity contribution in [2.75, 3.05) is 5.32 Å². The smallest absolute Gasteiger partial charge is 0.293 e. The van der Waals surface area contributed by atoms with Crippen LogP contribution < -0.4 is 10.6 Å². The molecule has 2 N–H and O–H groups in total. The Balaban J connectivity index is 1.22. The van der Waals surface area contributed by atoms with Gasteiger partial charge in [0.2, 0.25) is 4.96 Å². The molecule has 0 radical (unpaired) electrons. The molecule has 3 heterocycles. The molecule has 0 spiro atoms. The zero-order valence-electron chi connectivity index (χ0n) is 17.8. The fourth-order valence-corrected chi connectivity index (χ4v) is 4.54. The number of halogens is 1. The zero-order valence-corrected chi connectivity index (χ0v) is 20.2. The van der Waals surface area contributed by atoms with Crippen LogP contribution in [0.4, 0.5) is 5.69 Å². The largest absolute Gasteiger partial charge is 0.451 e. The van der Waals surface area contributed by atoms with Crippen LogP contribution in [0.15, 0.2) is 65.1 Å². The maximum absolute atomic E-state index is 12.5. The third kappa shape index (κ3) is 4.56. The number of fused-ring (bicyclic) bond motifs is 1. The number of amides is 1. The summed E-state index contributed by atoms with van der Waals surface area (Å²) < 4.78 is 7.43. The van der Waals surface area contributed by atoms with E-state index in [2.05, 4.69) is 25.9 Å². The van der Waals surface area contributed by atoms with Gasteiger partial charge in [0.1, 0.15) is 10.8 Å². The predicted octanol–water partition coefficient (Wildman–Crippen LogP) is 5.46. The number of nitrogens with zero attached hydrogens (tertiary/aromatic N) is 4. The lowest BCUT2D eigenvalue weighted by Gasteiger charge is -2.09. The molecule has 0 fully saturated rings. The van der Waals surface area contributed by atoms with Crippen LogP contribution in [0.1, 0.15) is 23.3 Å². The number of aryl methyl sites for hydroxylation is 1. The average Bonchev–Trinajstić information content (AvgIpc) is 3.55. The van der Waals surface area contributed by atoms with E-state index in [0.29, 0.717) is 10.8 Å². The molecule has 0 aliphatic heterocycles. The van der Waals surface area contributed by atoms with Gasteiger partial charge in [0.25, 0.3) is 5.91 Å². The molecule has 8 nitrogen and oxygen atoms in total. The van der Waals surface area contributed by atoms with E-state index in [4.69, 9.17) is 28.2 Å². The normalized spacial score (nSPS) is 11.0. The van der Waals surface area contributed by atoms with Crippen LogP contribution in [0.3, 0.4) is 0 Å². The van der Waals surface area contributed by atoms with Crippen molar-refractivity contribution < 1.29 is 9.21 Å². The van der Waals surface area contributed by atoms with Gasteiger partial charge in [-0.2, -0.15) is 9.61 Å². The van der Waals surface area contributed by atoms with Gasteiger partial charge >= 0.3 is 0 Å². The summed E-state index contributed by atoms with van der Waals surface area (Å²) in [5.41, 5.74) is 2.45. The summed E-state index contributed by atoms with van der Waals surface area (Å²) in [4.78, 5) is 13.3. The summed E-state index contributed by atoms with van der Waals surface area (Å²) in [5.74, 6) is 1.06. The maximum Gasteiger partial charge on any atom is 0.293 e. The molecule has 2 aromatic carbocycles. The molecule has 0 aliphatic carbocycles. The van der Waals surface area contributed by atoms with Gasteiger partial charge in [-0.3, -0.25) is 10.1 Å².